The summed E-state index contributed by atoms with van der Waals surface area (Å²) in [6.45, 7) is 0. The lowest BCUT2D eigenvalue weighted by Gasteiger charge is -2.26. The molecular formula is C18H23NO2. The molecule has 0 bridgehead atoms. The average Bonchev–Trinajstić information content (AvgIpc) is 2.51. The van der Waals surface area contributed by atoms with Crippen LogP contribution in [0, 0.1) is 5.92 Å². The van der Waals surface area contributed by atoms with E-state index >= 15 is 0 Å². The molecule has 0 aromatic heterocycles. The lowest BCUT2D eigenvalue weighted by molar-refractivity contribution is -0.118. The van der Waals surface area contributed by atoms with Crippen molar-refractivity contribution >= 4 is 17.4 Å². The molecule has 1 fully saturated rings. The highest BCUT2D eigenvalue weighted by Crippen LogP contribution is 2.30. The Morgan fingerprint density at radius 1 is 1.19 bits per heavy atom. The number of fused-ring (bicyclic) bond motifs is 1. The third-order valence-electron chi connectivity index (χ3n) is 4.94. The first-order valence-electron chi connectivity index (χ1n) is 8.08. The maximum atomic E-state index is 12.5. The van der Waals surface area contributed by atoms with Crippen molar-refractivity contribution in [3.63, 3.8) is 0 Å². The standard InChI is InChI=1S/C18H23NO2/c1-19-16-9-7-15(12-14(16)8-10-18(19)21)17(20)11-13-5-3-2-4-6-13/h7,9,12-13H,2-6,8,10-11H2,1H3. The van der Waals surface area contributed by atoms with Crippen LogP contribution in [-0.2, 0) is 11.2 Å². The third-order valence-corrected chi connectivity index (χ3v) is 4.94. The summed E-state index contributed by atoms with van der Waals surface area (Å²) in [4.78, 5) is 25.9. The Hall–Kier alpha value is -1.64. The number of anilines is 1. The van der Waals surface area contributed by atoms with Crippen LogP contribution in [-0.4, -0.2) is 18.7 Å². The van der Waals surface area contributed by atoms with Gasteiger partial charge in [0, 0.05) is 31.1 Å². The Morgan fingerprint density at radius 2 is 1.95 bits per heavy atom. The molecule has 0 spiro atoms. The van der Waals surface area contributed by atoms with Crippen LogP contribution in [0.2, 0.25) is 0 Å². The molecule has 1 aliphatic carbocycles. The van der Waals surface area contributed by atoms with E-state index in [1.165, 1.54) is 32.1 Å². The maximum absolute atomic E-state index is 12.5. The Kier molecular flexibility index (Phi) is 4.09. The second-order valence-corrected chi connectivity index (χ2v) is 6.43. The number of hydrogen-bond donors (Lipinski definition) is 0. The Morgan fingerprint density at radius 3 is 2.71 bits per heavy atom. The van der Waals surface area contributed by atoms with Gasteiger partial charge >= 0.3 is 0 Å². The van der Waals surface area contributed by atoms with Gasteiger partial charge in [-0.05, 0) is 36.1 Å². The fourth-order valence-corrected chi connectivity index (χ4v) is 3.60. The summed E-state index contributed by atoms with van der Waals surface area (Å²) < 4.78 is 0. The van der Waals surface area contributed by atoms with Crippen molar-refractivity contribution in [2.45, 2.75) is 51.4 Å². The van der Waals surface area contributed by atoms with Crippen LogP contribution >= 0.6 is 0 Å². The van der Waals surface area contributed by atoms with Crippen molar-refractivity contribution in [2.75, 3.05) is 11.9 Å². The topological polar surface area (TPSA) is 37.4 Å². The second-order valence-electron chi connectivity index (χ2n) is 6.43. The minimum absolute atomic E-state index is 0.156. The fourth-order valence-electron chi connectivity index (χ4n) is 3.60. The molecule has 3 nitrogen and oxygen atoms in total. The molecule has 0 atom stereocenters. The normalized spacial score (nSPS) is 19.5. The SMILES string of the molecule is CN1C(=O)CCc2cc(C(=O)CC3CCCCC3)ccc21. The first-order chi connectivity index (χ1) is 10.1. The van der Waals surface area contributed by atoms with E-state index in [2.05, 4.69) is 0 Å². The maximum Gasteiger partial charge on any atom is 0.227 e. The predicted octanol–water partition coefficient (Wildman–Crippen LogP) is 3.75. The first-order valence-corrected chi connectivity index (χ1v) is 8.08. The first kappa shape index (κ1) is 14.3. The Labute approximate surface area is 126 Å². The zero-order valence-electron chi connectivity index (χ0n) is 12.7. The molecular weight excluding hydrogens is 262 g/mol. The molecule has 1 amide bonds. The molecule has 0 N–H and O–H groups in total. The number of ketones is 1. The largest absolute Gasteiger partial charge is 0.315 e. The molecule has 1 saturated carbocycles. The van der Waals surface area contributed by atoms with Crippen molar-refractivity contribution in [3.05, 3.63) is 29.3 Å². The van der Waals surface area contributed by atoms with Gasteiger partial charge in [0.25, 0.3) is 0 Å². The molecule has 1 heterocycles. The van der Waals surface area contributed by atoms with Crippen LogP contribution in [0.5, 0.6) is 0 Å². The highest BCUT2D eigenvalue weighted by atomic mass is 16.2. The number of aryl methyl sites for hydroxylation is 1. The summed E-state index contributed by atoms with van der Waals surface area (Å²) in [6.07, 6.45) is 8.26. The van der Waals surface area contributed by atoms with E-state index in [1.54, 1.807) is 4.90 Å². The van der Waals surface area contributed by atoms with Gasteiger partial charge in [-0.3, -0.25) is 9.59 Å². The highest BCUT2D eigenvalue weighted by Gasteiger charge is 2.23. The van der Waals surface area contributed by atoms with E-state index in [4.69, 9.17) is 0 Å². The summed E-state index contributed by atoms with van der Waals surface area (Å²) in [5.74, 6) is 1.000. The van der Waals surface area contributed by atoms with Crippen LogP contribution in [0.1, 0.15) is 60.9 Å². The number of nitrogens with zero attached hydrogens (tertiary/aromatic N) is 1. The second kappa shape index (κ2) is 6.00. The smallest absolute Gasteiger partial charge is 0.227 e. The molecule has 2 aliphatic rings. The molecule has 21 heavy (non-hydrogen) atoms. The van der Waals surface area contributed by atoms with E-state index in [9.17, 15) is 9.59 Å². The molecule has 112 valence electrons. The number of Topliss-reactive ketones (excluding diaryl/α,β-unsaturated/α-hetero) is 1. The summed E-state index contributed by atoms with van der Waals surface area (Å²) in [5.41, 5.74) is 2.91. The molecule has 3 rings (SSSR count). The van der Waals surface area contributed by atoms with Gasteiger partial charge in [0.2, 0.25) is 5.91 Å². The molecule has 3 heteroatoms. The fraction of sp³-hybridized carbons (Fsp3) is 0.556. The van der Waals surface area contributed by atoms with Crippen molar-refractivity contribution in [3.8, 4) is 0 Å². The zero-order chi connectivity index (χ0) is 14.8. The summed E-state index contributed by atoms with van der Waals surface area (Å²) in [6, 6.07) is 5.82. The van der Waals surface area contributed by atoms with E-state index in [0.717, 1.165) is 23.2 Å². The van der Waals surface area contributed by atoms with Gasteiger partial charge in [-0.25, -0.2) is 0 Å². The van der Waals surface area contributed by atoms with Crippen LogP contribution in [0.4, 0.5) is 5.69 Å². The molecule has 0 unspecified atom stereocenters. The highest BCUT2D eigenvalue weighted by molar-refractivity contribution is 5.99. The molecule has 1 aromatic carbocycles. The van der Waals surface area contributed by atoms with Gasteiger partial charge in [0.15, 0.2) is 5.78 Å². The van der Waals surface area contributed by atoms with E-state index in [1.807, 2.05) is 25.2 Å². The van der Waals surface area contributed by atoms with Crippen LogP contribution in [0.3, 0.4) is 0 Å². The van der Waals surface area contributed by atoms with Crippen LogP contribution in [0.25, 0.3) is 0 Å². The van der Waals surface area contributed by atoms with Gasteiger partial charge in [0.05, 0.1) is 0 Å². The quantitative estimate of drug-likeness (QED) is 0.793. The minimum Gasteiger partial charge on any atom is -0.315 e. The Bertz CT molecular complexity index is 558. The summed E-state index contributed by atoms with van der Waals surface area (Å²) >= 11 is 0. The Balaban J connectivity index is 1.74. The summed E-state index contributed by atoms with van der Waals surface area (Å²) in [7, 11) is 1.81. The van der Waals surface area contributed by atoms with Crippen LogP contribution in [0.15, 0.2) is 18.2 Å². The molecule has 0 radical (unpaired) electrons. The monoisotopic (exact) mass is 285 g/mol. The van der Waals surface area contributed by atoms with Crippen molar-refractivity contribution < 1.29 is 9.59 Å². The number of hydrogen-bond acceptors (Lipinski definition) is 2. The van der Waals surface area contributed by atoms with E-state index in [-0.39, 0.29) is 11.7 Å². The molecule has 0 saturated heterocycles. The molecule has 1 aliphatic heterocycles. The van der Waals surface area contributed by atoms with Crippen molar-refractivity contribution in [2.24, 2.45) is 5.92 Å². The molecule has 1 aromatic rings. The minimum atomic E-state index is 0.156. The number of benzene rings is 1. The van der Waals surface area contributed by atoms with Gasteiger partial charge in [-0.2, -0.15) is 0 Å². The van der Waals surface area contributed by atoms with Gasteiger partial charge in [0.1, 0.15) is 0 Å². The number of carbonyl (C=O) groups excluding carboxylic acids is 2. The predicted molar refractivity (Wildman–Crippen MR) is 83.7 cm³/mol. The number of carbonyl (C=O) groups is 2. The summed E-state index contributed by atoms with van der Waals surface area (Å²) in [5, 5.41) is 0. The lowest BCUT2D eigenvalue weighted by atomic mass is 9.84. The average molecular weight is 285 g/mol. The lowest BCUT2D eigenvalue weighted by Crippen LogP contribution is -2.31. The zero-order valence-corrected chi connectivity index (χ0v) is 12.7. The number of rotatable bonds is 3. The van der Waals surface area contributed by atoms with Gasteiger partial charge in [-0.1, -0.05) is 32.1 Å². The van der Waals surface area contributed by atoms with E-state index in [0.29, 0.717) is 18.8 Å². The van der Waals surface area contributed by atoms with Crippen LogP contribution < -0.4 is 4.90 Å². The number of amides is 1. The third kappa shape index (κ3) is 3.02. The van der Waals surface area contributed by atoms with Crippen molar-refractivity contribution in [1.29, 1.82) is 0 Å². The van der Waals surface area contributed by atoms with Crippen molar-refractivity contribution in [1.82, 2.24) is 0 Å². The van der Waals surface area contributed by atoms with Gasteiger partial charge in [-0.15, -0.1) is 0 Å². The van der Waals surface area contributed by atoms with E-state index < -0.39 is 0 Å². The van der Waals surface area contributed by atoms with Gasteiger partial charge < -0.3 is 4.90 Å².